The number of carbonyl (C=O) groups excluding carboxylic acids is 1. The number of hydrogen-bond acceptors (Lipinski definition) is 5. The van der Waals surface area contributed by atoms with Gasteiger partial charge in [-0.2, -0.15) is 0 Å². The molecular weight excluding hydrogens is 296 g/mol. The zero-order valence-electron chi connectivity index (χ0n) is 12.9. The highest BCUT2D eigenvalue weighted by atomic mass is 16.4. The minimum absolute atomic E-state index is 0.0722. The lowest BCUT2D eigenvalue weighted by molar-refractivity contribution is 0.0594. The van der Waals surface area contributed by atoms with Gasteiger partial charge in [0, 0.05) is 24.2 Å². The third-order valence-electron chi connectivity index (χ3n) is 5.32. The number of rotatable bonds is 4. The Morgan fingerprint density at radius 3 is 3.13 bits per heavy atom. The minimum atomic E-state index is -0.0915. The Hall–Kier alpha value is -2.15. The summed E-state index contributed by atoms with van der Waals surface area (Å²) in [4.78, 5) is 14.7. The van der Waals surface area contributed by atoms with Crippen molar-refractivity contribution in [2.75, 3.05) is 13.2 Å². The van der Waals surface area contributed by atoms with Crippen molar-refractivity contribution in [3.63, 3.8) is 0 Å². The molecule has 2 fully saturated rings. The van der Waals surface area contributed by atoms with Gasteiger partial charge < -0.3 is 14.4 Å². The number of amides is 1. The largest absolute Gasteiger partial charge is 0.454 e. The van der Waals surface area contributed by atoms with Crippen molar-refractivity contribution in [1.82, 2.24) is 19.9 Å². The van der Waals surface area contributed by atoms with Crippen LogP contribution >= 0.6 is 0 Å². The molecule has 2 aliphatic rings. The van der Waals surface area contributed by atoms with Crippen LogP contribution in [0.1, 0.15) is 42.0 Å². The summed E-state index contributed by atoms with van der Waals surface area (Å²) in [7, 11) is 0. The summed E-state index contributed by atoms with van der Waals surface area (Å²) in [6.45, 7) is 1.32. The molecule has 3 heterocycles. The molecule has 0 radical (unpaired) electrons. The maximum atomic E-state index is 12.8. The Kier molecular flexibility index (Phi) is 3.45. The molecule has 1 aliphatic heterocycles. The number of fused-ring (bicyclic) bond motifs is 1. The number of nitrogens with zero attached hydrogens (tertiary/aromatic N) is 4. The van der Waals surface area contributed by atoms with Crippen molar-refractivity contribution < 1.29 is 14.3 Å². The quantitative estimate of drug-likeness (QED) is 0.919. The van der Waals surface area contributed by atoms with Crippen LogP contribution in [0.4, 0.5) is 0 Å². The summed E-state index contributed by atoms with van der Waals surface area (Å²) in [6, 6.07) is 3.67. The van der Waals surface area contributed by atoms with Gasteiger partial charge >= 0.3 is 0 Å². The summed E-state index contributed by atoms with van der Waals surface area (Å²) >= 11 is 0. The van der Waals surface area contributed by atoms with Gasteiger partial charge in [-0.1, -0.05) is 11.6 Å². The molecule has 2 atom stereocenters. The average Bonchev–Trinajstić information content (AvgIpc) is 3.31. The molecule has 0 bridgehead atoms. The van der Waals surface area contributed by atoms with Gasteiger partial charge in [0.1, 0.15) is 12.3 Å². The molecule has 7 nitrogen and oxygen atoms in total. The highest BCUT2D eigenvalue weighted by Crippen LogP contribution is 2.48. The van der Waals surface area contributed by atoms with Crippen LogP contribution in [0.15, 0.2) is 28.9 Å². The fraction of sp³-hybridized carbons (Fsp3) is 0.562. The van der Waals surface area contributed by atoms with E-state index in [2.05, 4.69) is 10.3 Å². The van der Waals surface area contributed by atoms with E-state index in [1.807, 2.05) is 4.90 Å². The van der Waals surface area contributed by atoms with E-state index in [4.69, 9.17) is 4.42 Å². The SMILES string of the molecule is O=C(c1ccc(Cn2ccnn2)o1)N1CC[C@@]2(CO)CCC[C@@H]12. The lowest BCUT2D eigenvalue weighted by Crippen LogP contribution is -2.41. The summed E-state index contributed by atoms with van der Waals surface area (Å²) in [5, 5.41) is 17.4. The number of aliphatic hydroxyl groups is 1. The number of furan rings is 1. The van der Waals surface area contributed by atoms with Gasteiger partial charge in [-0.25, -0.2) is 4.68 Å². The Morgan fingerprint density at radius 2 is 2.35 bits per heavy atom. The zero-order chi connectivity index (χ0) is 15.9. The molecule has 1 saturated carbocycles. The van der Waals surface area contributed by atoms with Gasteiger partial charge in [0.15, 0.2) is 5.76 Å². The van der Waals surface area contributed by atoms with E-state index in [0.717, 1.165) is 25.7 Å². The minimum Gasteiger partial charge on any atom is -0.454 e. The fourth-order valence-electron chi connectivity index (χ4n) is 4.10. The highest BCUT2D eigenvalue weighted by Gasteiger charge is 2.51. The summed E-state index contributed by atoms with van der Waals surface area (Å²) in [5.74, 6) is 0.968. The van der Waals surface area contributed by atoms with Crippen molar-refractivity contribution >= 4 is 5.91 Å². The lowest BCUT2D eigenvalue weighted by Gasteiger charge is -2.30. The fourth-order valence-corrected chi connectivity index (χ4v) is 4.10. The average molecular weight is 316 g/mol. The molecule has 7 heteroatoms. The van der Waals surface area contributed by atoms with E-state index in [-0.39, 0.29) is 24.0 Å². The van der Waals surface area contributed by atoms with Crippen LogP contribution in [-0.4, -0.2) is 50.1 Å². The van der Waals surface area contributed by atoms with Crippen LogP contribution in [0.25, 0.3) is 0 Å². The molecule has 2 aromatic rings. The van der Waals surface area contributed by atoms with Crippen LogP contribution in [0.2, 0.25) is 0 Å². The first-order valence-electron chi connectivity index (χ1n) is 8.06. The molecule has 2 aromatic heterocycles. The standard InChI is InChI=1S/C16H20N4O3/c21-11-16-5-1-2-14(16)20(8-6-16)15(22)13-4-3-12(23-13)10-19-9-7-17-18-19/h3-4,7,9,14,21H,1-2,5-6,8,10-11H2/t14-,16-/m1/s1. The molecule has 0 aromatic carbocycles. The molecule has 122 valence electrons. The molecule has 4 rings (SSSR count). The Morgan fingerprint density at radius 1 is 1.43 bits per heavy atom. The Labute approximate surface area is 133 Å². The Bertz CT molecular complexity index is 696. The molecular formula is C16H20N4O3. The van der Waals surface area contributed by atoms with Crippen molar-refractivity contribution in [3.05, 3.63) is 36.0 Å². The second-order valence-electron chi connectivity index (χ2n) is 6.54. The van der Waals surface area contributed by atoms with Gasteiger partial charge in [-0.05, 0) is 31.4 Å². The van der Waals surface area contributed by atoms with Gasteiger partial charge in [0.25, 0.3) is 5.91 Å². The first-order chi connectivity index (χ1) is 11.2. The van der Waals surface area contributed by atoms with Crippen molar-refractivity contribution in [2.24, 2.45) is 5.41 Å². The van der Waals surface area contributed by atoms with E-state index in [1.165, 1.54) is 0 Å². The van der Waals surface area contributed by atoms with Crippen LogP contribution in [0.5, 0.6) is 0 Å². The summed E-state index contributed by atoms with van der Waals surface area (Å²) < 4.78 is 7.35. The van der Waals surface area contributed by atoms with Gasteiger partial charge in [0.2, 0.25) is 0 Å². The van der Waals surface area contributed by atoms with E-state index in [0.29, 0.717) is 24.6 Å². The molecule has 1 amide bonds. The molecule has 0 spiro atoms. The molecule has 1 saturated heterocycles. The summed E-state index contributed by atoms with van der Waals surface area (Å²) in [6.07, 6.45) is 7.29. The lowest BCUT2D eigenvalue weighted by atomic mass is 9.83. The topological polar surface area (TPSA) is 84.4 Å². The van der Waals surface area contributed by atoms with Crippen LogP contribution in [0.3, 0.4) is 0 Å². The van der Waals surface area contributed by atoms with E-state index in [9.17, 15) is 9.90 Å². The highest BCUT2D eigenvalue weighted by molar-refractivity contribution is 5.92. The van der Waals surface area contributed by atoms with Crippen LogP contribution < -0.4 is 0 Å². The van der Waals surface area contributed by atoms with E-state index < -0.39 is 0 Å². The normalized spacial score (nSPS) is 26.7. The molecule has 1 aliphatic carbocycles. The van der Waals surface area contributed by atoms with Crippen LogP contribution in [0, 0.1) is 5.41 Å². The van der Waals surface area contributed by atoms with Crippen molar-refractivity contribution in [3.8, 4) is 0 Å². The number of likely N-dealkylation sites (tertiary alicyclic amines) is 1. The maximum absolute atomic E-state index is 12.8. The smallest absolute Gasteiger partial charge is 0.289 e. The summed E-state index contributed by atoms with van der Waals surface area (Å²) in [5.41, 5.74) is -0.0915. The first kappa shape index (κ1) is 14.4. The first-order valence-corrected chi connectivity index (χ1v) is 8.06. The predicted octanol–water partition coefficient (Wildman–Crippen LogP) is 1.30. The maximum Gasteiger partial charge on any atom is 0.289 e. The third kappa shape index (κ3) is 2.35. The number of carbonyl (C=O) groups is 1. The molecule has 1 N–H and O–H groups in total. The van der Waals surface area contributed by atoms with Crippen molar-refractivity contribution in [2.45, 2.75) is 38.3 Å². The second-order valence-corrected chi connectivity index (χ2v) is 6.54. The van der Waals surface area contributed by atoms with Gasteiger partial charge in [-0.3, -0.25) is 4.79 Å². The van der Waals surface area contributed by atoms with Gasteiger partial charge in [0.05, 0.1) is 12.8 Å². The zero-order valence-corrected chi connectivity index (χ0v) is 12.9. The second kappa shape index (κ2) is 5.49. The van der Waals surface area contributed by atoms with E-state index >= 15 is 0 Å². The Balaban J connectivity index is 1.50. The van der Waals surface area contributed by atoms with Gasteiger partial charge in [-0.15, -0.1) is 5.10 Å². The van der Waals surface area contributed by atoms with Crippen LogP contribution in [-0.2, 0) is 6.54 Å². The number of aliphatic hydroxyl groups excluding tert-OH is 1. The number of hydrogen-bond donors (Lipinski definition) is 1. The third-order valence-corrected chi connectivity index (χ3v) is 5.32. The van der Waals surface area contributed by atoms with Crippen molar-refractivity contribution in [1.29, 1.82) is 0 Å². The number of aromatic nitrogens is 3. The van der Waals surface area contributed by atoms with E-state index in [1.54, 1.807) is 29.2 Å². The molecule has 23 heavy (non-hydrogen) atoms. The monoisotopic (exact) mass is 316 g/mol. The molecule has 0 unspecified atom stereocenters. The predicted molar refractivity (Wildman–Crippen MR) is 80.6 cm³/mol.